The number of carbonyl (C=O) groups is 1. The predicted octanol–water partition coefficient (Wildman–Crippen LogP) is 2.53. The summed E-state index contributed by atoms with van der Waals surface area (Å²) in [5.41, 5.74) is -0.815. The van der Waals surface area contributed by atoms with Crippen LogP contribution in [0.3, 0.4) is 0 Å². The van der Waals surface area contributed by atoms with Gasteiger partial charge in [0.2, 0.25) is 0 Å². The molecule has 1 aromatic heterocycles. The Morgan fingerprint density at radius 1 is 1.50 bits per heavy atom. The minimum absolute atomic E-state index is 0.0874. The monoisotopic (exact) mass is 307 g/mol. The molecule has 0 radical (unpaired) electrons. The summed E-state index contributed by atoms with van der Waals surface area (Å²) in [4.78, 5) is 11.7. The van der Waals surface area contributed by atoms with Gasteiger partial charge < -0.3 is 0 Å². The zero-order valence-corrected chi connectivity index (χ0v) is 12.5. The molecular formula is C11H14ClNO3S2. The maximum Gasteiger partial charge on any atom is 0.253 e. The van der Waals surface area contributed by atoms with Crippen molar-refractivity contribution in [1.29, 1.82) is 0 Å². The Morgan fingerprint density at radius 3 is 2.44 bits per heavy atom. The fraction of sp³-hybridized carbons (Fsp3) is 0.545. The molecule has 18 heavy (non-hydrogen) atoms. The Hall–Kier alpha value is -0.430. The van der Waals surface area contributed by atoms with Crippen LogP contribution in [0.4, 0.5) is 0 Å². The molecule has 1 fully saturated rings. The van der Waals surface area contributed by atoms with Crippen molar-refractivity contribution in [3.63, 3.8) is 0 Å². The average Bonchev–Trinajstić information content (AvgIpc) is 2.95. The van der Waals surface area contributed by atoms with Gasteiger partial charge in [-0.15, -0.1) is 11.3 Å². The van der Waals surface area contributed by atoms with Crippen LogP contribution in [-0.2, 0) is 14.8 Å². The standard InChI is InChI=1S/C11H14ClNO3S2/c1-3-13(11(6-7-11)8(2)14)18(15,16)10-5-4-9(12)17-10/h4-5H,3,6-7H2,1-2H3. The van der Waals surface area contributed by atoms with Crippen LogP contribution < -0.4 is 0 Å². The molecule has 0 saturated heterocycles. The number of Topliss-reactive ketones (excluding diaryl/α,β-unsaturated/α-hetero) is 1. The van der Waals surface area contributed by atoms with Gasteiger partial charge in [-0.05, 0) is 31.9 Å². The van der Waals surface area contributed by atoms with E-state index in [0.29, 0.717) is 17.2 Å². The number of nitrogens with zero attached hydrogens (tertiary/aromatic N) is 1. The Kier molecular flexibility index (Phi) is 3.57. The molecule has 2 rings (SSSR count). The van der Waals surface area contributed by atoms with Crippen molar-refractivity contribution in [2.75, 3.05) is 6.54 Å². The highest BCUT2D eigenvalue weighted by Gasteiger charge is 2.56. The SMILES string of the molecule is CCN(C1(C(C)=O)CC1)S(=O)(=O)c1ccc(Cl)s1. The number of hydrogen-bond acceptors (Lipinski definition) is 4. The molecule has 100 valence electrons. The average molecular weight is 308 g/mol. The maximum atomic E-state index is 12.5. The zero-order valence-electron chi connectivity index (χ0n) is 10.1. The van der Waals surface area contributed by atoms with Crippen molar-refractivity contribution < 1.29 is 13.2 Å². The summed E-state index contributed by atoms with van der Waals surface area (Å²) in [5.74, 6) is -0.0874. The van der Waals surface area contributed by atoms with E-state index in [0.717, 1.165) is 11.3 Å². The lowest BCUT2D eigenvalue weighted by molar-refractivity contribution is -0.121. The number of halogens is 1. The first-order valence-corrected chi connectivity index (χ1v) is 8.27. The van der Waals surface area contributed by atoms with Crippen molar-refractivity contribution in [3.05, 3.63) is 16.5 Å². The van der Waals surface area contributed by atoms with Gasteiger partial charge in [-0.1, -0.05) is 18.5 Å². The second kappa shape index (κ2) is 4.59. The van der Waals surface area contributed by atoms with Crippen molar-refractivity contribution in [1.82, 2.24) is 4.31 Å². The highest BCUT2D eigenvalue weighted by Crippen LogP contribution is 2.46. The molecule has 0 aliphatic heterocycles. The molecule has 0 N–H and O–H groups in total. The minimum atomic E-state index is -3.62. The summed E-state index contributed by atoms with van der Waals surface area (Å²) >= 11 is 6.79. The van der Waals surface area contributed by atoms with Crippen molar-refractivity contribution >= 4 is 38.7 Å². The topological polar surface area (TPSA) is 54.5 Å². The third-order valence-electron chi connectivity index (χ3n) is 3.24. The van der Waals surface area contributed by atoms with Gasteiger partial charge in [0.15, 0.2) is 5.78 Å². The van der Waals surface area contributed by atoms with Gasteiger partial charge in [-0.25, -0.2) is 8.42 Å². The second-order valence-electron chi connectivity index (χ2n) is 4.32. The van der Waals surface area contributed by atoms with E-state index in [4.69, 9.17) is 11.6 Å². The molecular weight excluding hydrogens is 294 g/mol. The first-order valence-electron chi connectivity index (χ1n) is 5.64. The molecule has 1 aromatic rings. The quantitative estimate of drug-likeness (QED) is 0.840. The van der Waals surface area contributed by atoms with E-state index >= 15 is 0 Å². The maximum absolute atomic E-state index is 12.5. The molecule has 0 amide bonds. The van der Waals surface area contributed by atoms with Gasteiger partial charge in [0.1, 0.15) is 4.21 Å². The Balaban J connectivity index is 2.42. The van der Waals surface area contributed by atoms with Crippen molar-refractivity contribution in [2.45, 2.75) is 36.4 Å². The molecule has 1 aliphatic carbocycles. The van der Waals surface area contributed by atoms with E-state index in [-0.39, 0.29) is 16.5 Å². The van der Waals surface area contributed by atoms with Crippen LogP contribution in [0.2, 0.25) is 4.34 Å². The zero-order chi connectivity index (χ0) is 13.6. The highest BCUT2D eigenvalue weighted by atomic mass is 35.5. The van der Waals surface area contributed by atoms with E-state index in [2.05, 4.69) is 0 Å². The molecule has 0 atom stereocenters. The molecule has 1 saturated carbocycles. The summed E-state index contributed by atoms with van der Waals surface area (Å²) in [6, 6.07) is 3.04. The van der Waals surface area contributed by atoms with Crippen LogP contribution in [0.1, 0.15) is 26.7 Å². The molecule has 0 bridgehead atoms. The third kappa shape index (κ3) is 2.11. The smallest absolute Gasteiger partial charge is 0.253 e. The lowest BCUT2D eigenvalue weighted by Gasteiger charge is -2.27. The van der Waals surface area contributed by atoms with Gasteiger partial charge in [0, 0.05) is 6.54 Å². The Labute approximate surface area is 116 Å². The van der Waals surface area contributed by atoms with Gasteiger partial charge in [-0.2, -0.15) is 4.31 Å². The fourth-order valence-corrected chi connectivity index (χ4v) is 5.59. The van der Waals surface area contributed by atoms with Crippen LogP contribution >= 0.6 is 22.9 Å². The first kappa shape index (κ1) is 14.0. The van der Waals surface area contributed by atoms with Crippen molar-refractivity contribution in [3.8, 4) is 0 Å². The summed E-state index contributed by atoms with van der Waals surface area (Å²) in [6.45, 7) is 3.49. The van der Waals surface area contributed by atoms with Crippen LogP contribution in [0.5, 0.6) is 0 Å². The van der Waals surface area contributed by atoms with Crippen LogP contribution in [-0.4, -0.2) is 30.6 Å². The number of sulfonamides is 1. The lowest BCUT2D eigenvalue weighted by Crippen LogP contribution is -2.45. The predicted molar refractivity (Wildman–Crippen MR) is 71.5 cm³/mol. The number of hydrogen-bond donors (Lipinski definition) is 0. The third-order valence-corrected chi connectivity index (χ3v) is 6.98. The Morgan fingerprint density at radius 2 is 2.11 bits per heavy atom. The van der Waals surface area contributed by atoms with Gasteiger partial charge >= 0.3 is 0 Å². The fourth-order valence-electron chi connectivity index (χ4n) is 2.14. The summed E-state index contributed by atoms with van der Waals surface area (Å²) in [6.07, 6.45) is 1.21. The van der Waals surface area contributed by atoms with Crippen LogP contribution in [0.15, 0.2) is 16.3 Å². The Bertz CT molecular complexity index is 575. The summed E-state index contributed by atoms with van der Waals surface area (Å²) in [7, 11) is -3.62. The lowest BCUT2D eigenvalue weighted by atomic mass is 10.2. The van der Waals surface area contributed by atoms with Crippen LogP contribution in [0, 0.1) is 0 Å². The van der Waals surface area contributed by atoms with E-state index in [1.807, 2.05) is 0 Å². The number of carbonyl (C=O) groups excluding carboxylic acids is 1. The van der Waals surface area contributed by atoms with E-state index in [1.165, 1.54) is 17.3 Å². The normalized spacial score (nSPS) is 18.0. The van der Waals surface area contributed by atoms with E-state index in [9.17, 15) is 13.2 Å². The number of likely N-dealkylation sites (N-methyl/N-ethyl adjacent to an activating group) is 1. The first-order chi connectivity index (χ1) is 8.34. The second-order valence-corrected chi connectivity index (χ2v) is 8.12. The number of thiophene rings is 1. The molecule has 0 aromatic carbocycles. The minimum Gasteiger partial charge on any atom is -0.298 e. The molecule has 1 aliphatic rings. The molecule has 1 heterocycles. The molecule has 4 nitrogen and oxygen atoms in total. The van der Waals surface area contributed by atoms with Gasteiger partial charge in [0.25, 0.3) is 10.0 Å². The largest absolute Gasteiger partial charge is 0.298 e. The highest BCUT2D eigenvalue weighted by molar-refractivity contribution is 7.91. The molecule has 0 spiro atoms. The van der Waals surface area contributed by atoms with Crippen molar-refractivity contribution in [2.24, 2.45) is 0 Å². The van der Waals surface area contributed by atoms with Gasteiger partial charge in [-0.3, -0.25) is 4.79 Å². The van der Waals surface area contributed by atoms with Crippen LogP contribution in [0.25, 0.3) is 0 Å². The summed E-state index contributed by atoms with van der Waals surface area (Å²) in [5, 5.41) is 0. The summed E-state index contributed by atoms with van der Waals surface area (Å²) < 4.78 is 26.9. The number of rotatable bonds is 5. The number of ketones is 1. The molecule has 0 unspecified atom stereocenters. The van der Waals surface area contributed by atoms with Gasteiger partial charge in [0.05, 0.1) is 9.88 Å². The van der Waals surface area contributed by atoms with E-state index < -0.39 is 15.6 Å². The molecule has 7 heteroatoms. The van der Waals surface area contributed by atoms with E-state index in [1.54, 1.807) is 13.0 Å².